The van der Waals surface area contributed by atoms with Gasteiger partial charge in [-0.25, -0.2) is 0 Å². The fourth-order valence-electron chi connectivity index (χ4n) is 2.08. The Balaban J connectivity index is 2.12. The summed E-state index contributed by atoms with van der Waals surface area (Å²) in [4.78, 5) is 16.3. The van der Waals surface area contributed by atoms with Crippen LogP contribution in [0.1, 0.15) is 22.3 Å². The Hall–Kier alpha value is -2.40. The second-order valence-corrected chi connectivity index (χ2v) is 4.65. The Morgan fingerprint density at radius 3 is 2.95 bits per heavy atom. The fraction of sp³-hybridized carbons (Fsp3) is 0.250. The van der Waals surface area contributed by atoms with Gasteiger partial charge in [-0.2, -0.15) is 0 Å². The highest BCUT2D eigenvalue weighted by molar-refractivity contribution is 6.07. The number of aliphatic hydroxyl groups is 1. The molecule has 0 saturated carbocycles. The lowest BCUT2D eigenvalue weighted by Crippen LogP contribution is -2.14. The number of aryl methyl sites for hydroxylation is 1. The van der Waals surface area contributed by atoms with Gasteiger partial charge in [-0.3, -0.25) is 9.78 Å². The molecule has 2 rings (SSSR count). The van der Waals surface area contributed by atoms with E-state index < -0.39 is 0 Å². The van der Waals surface area contributed by atoms with Gasteiger partial charge in [0.15, 0.2) is 0 Å². The SMILES string of the molecule is CNc1ccncc1C(=O)Nc1cccc(CCCO)c1. The molecule has 0 aliphatic rings. The van der Waals surface area contributed by atoms with Gasteiger partial charge in [-0.15, -0.1) is 0 Å². The summed E-state index contributed by atoms with van der Waals surface area (Å²) in [6, 6.07) is 9.39. The topological polar surface area (TPSA) is 74.2 Å². The summed E-state index contributed by atoms with van der Waals surface area (Å²) in [7, 11) is 1.77. The molecule has 2 aromatic rings. The molecule has 0 fully saturated rings. The van der Waals surface area contributed by atoms with Crippen LogP contribution in [0, 0.1) is 0 Å². The zero-order valence-corrected chi connectivity index (χ0v) is 12.0. The highest BCUT2D eigenvalue weighted by Crippen LogP contribution is 2.17. The summed E-state index contributed by atoms with van der Waals surface area (Å²) in [5, 5.41) is 14.7. The van der Waals surface area contributed by atoms with E-state index in [1.807, 2.05) is 24.3 Å². The zero-order valence-electron chi connectivity index (χ0n) is 12.0. The molecule has 21 heavy (non-hydrogen) atoms. The molecule has 1 amide bonds. The van der Waals surface area contributed by atoms with Crippen LogP contribution in [-0.4, -0.2) is 29.7 Å². The first kappa shape index (κ1) is 15.0. The number of benzene rings is 1. The van der Waals surface area contributed by atoms with E-state index in [2.05, 4.69) is 15.6 Å². The van der Waals surface area contributed by atoms with Crippen molar-refractivity contribution in [2.75, 3.05) is 24.3 Å². The molecule has 1 aromatic carbocycles. The predicted molar refractivity (Wildman–Crippen MR) is 83.6 cm³/mol. The van der Waals surface area contributed by atoms with Gasteiger partial charge in [0.05, 0.1) is 5.56 Å². The third kappa shape index (κ3) is 4.03. The smallest absolute Gasteiger partial charge is 0.259 e. The minimum Gasteiger partial charge on any atom is -0.396 e. The number of nitrogens with one attached hydrogen (secondary N) is 2. The monoisotopic (exact) mass is 285 g/mol. The number of carbonyl (C=O) groups is 1. The lowest BCUT2D eigenvalue weighted by molar-refractivity contribution is 0.102. The minimum atomic E-state index is -0.202. The number of rotatable bonds is 6. The van der Waals surface area contributed by atoms with E-state index >= 15 is 0 Å². The lowest BCUT2D eigenvalue weighted by Gasteiger charge is -2.10. The highest BCUT2D eigenvalue weighted by Gasteiger charge is 2.11. The van der Waals surface area contributed by atoms with Crippen molar-refractivity contribution in [2.24, 2.45) is 0 Å². The Labute approximate surface area is 124 Å². The number of aromatic nitrogens is 1. The van der Waals surface area contributed by atoms with E-state index in [0.29, 0.717) is 12.0 Å². The Kier molecular flexibility index (Phi) is 5.29. The minimum absolute atomic E-state index is 0.164. The average molecular weight is 285 g/mol. The van der Waals surface area contributed by atoms with Crippen molar-refractivity contribution in [2.45, 2.75) is 12.8 Å². The maximum absolute atomic E-state index is 12.3. The first-order valence-corrected chi connectivity index (χ1v) is 6.87. The maximum atomic E-state index is 12.3. The first-order valence-electron chi connectivity index (χ1n) is 6.87. The second kappa shape index (κ2) is 7.40. The summed E-state index contributed by atoms with van der Waals surface area (Å²) in [5.41, 5.74) is 3.06. The number of pyridine rings is 1. The van der Waals surface area contributed by atoms with E-state index in [0.717, 1.165) is 23.4 Å². The van der Waals surface area contributed by atoms with Gasteiger partial charge < -0.3 is 15.7 Å². The number of aliphatic hydroxyl groups excluding tert-OH is 1. The van der Waals surface area contributed by atoms with Crippen LogP contribution in [0.3, 0.4) is 0 Å². The van der Waals surface area contributed by atoms with Gasteiger partial charge in [0.25, 0.3) is 5.91 Å². The van der Waals surface area contributed by atoms with Crippen LogP contribution in [0.15, 0.2) is 42.7 Å². The second-order valence-electron chi connectivity index (χ2n) is 4.65. The van der Waals surface area contributed by atoms with Crippen LogP contribution in [0.5, 0.6) is 0 Å². The Bertz CT molecular complexity index is 614. The number of hydrogen-bond donors (Lipinski definition) is 3. The van der Waals surface area contributed by atoms with Crippen LogP contribution < -0.4 is 10.6 Å². The molecular weight excluding hydrogens is 266 g/mol. The molecule has 1 heterocycles. The van der Waals surface area contributed by atoms with Gasteiger partial charge in [0.2, 0.25) is 0 Å². The molecule has 0 bridgehead atoms. The van der Waals surface area contributed by atoms with E-state index in [1.54, 1.807) is 19.3 Å². The molecule has 0 saturated heterocycles. The molecule has 0 spiro atoms. The Morgan fingerprint density at radius 2 is 2.19 bits per heavy atom. The number of carbonyl (C=O) groups excluding carboxylic acids is 1. The molecule has 0 atom stereocenters. The van der Waals surface area contributed by atoms with Crippen LogP contribution in [0.25, 0.3) is 0 Å². The lowest BCUT2D eigenvalue weighted by atomic mass is 10.1. The standard InChI is InChI=1S/C16H19N3O2/c1-17-15-7-8-18-11-14(15)16(21)19-13-6-2-4-12(10-13)5-3-9-20/h2,4,6-8,10-11,20H,3,5,9H2,1H3,(H,17,18)(H,19,21). The molecule has 0 radical (unpaired) electrons. The fourth-order valence-corrected chi connectivity index (χ4v) is 2.08. The Morgan fingerprint density at radius 1 is 1.33 bits per heavy atom. The van der Waals surface area contributed by atoms with Crippen LogP contribution in [0.2, 0.25) is 0 Å². The summed E-state index contributed by atoms with van der Waals surface area (Å²) in [6.07, 6.45) is 4.67. The number of anilines is 2. The van der Waals surface area contributed by atoms with E-state index in [-0.39, 0.29) is 12.5 Å². The molecular formula is C16H19N3O2. The average Bonchev–Trinajstić information content (AvgIpc) is 2.53. The summed E-state index contributed by atoms with van der Waals surface area (Å²) in [6.45, 7) is 0.164. The maximum Gasteiger partial charge on any atom is 0.259 e. The summed E-state index contributed by atoms with van der Waals surface area (Å²) >= 11 is 0. The van der Waals surface area contributed by atoms with E-state index in [9.17, 15) is 4.79 Å². The molecule has 110 valence electrons. The van der Waals surface area contributed by atoms with E-state index in [1.165, 1.54) is 6.20 Å². The third-order valence-corrected chi connectivity index (χ3v) is 3.14. The van der Waals surface area contributed by atoms with Crippen LogP contribution in [0.4, 0.5) is 11.4 Å². The largest absolute Gasteiger partial charge is 0.396 e. The number of nitrogens with zero attached hydrogens (tertiary/aromatic N) is 1. The molecule has 0 aliphatic heterocycles. The molecule has 1 aromatic heterocycles. The van der Waals surface area contributed by atoms with Crippen LogP contribution in [-0.2, 0) is 6.42 Å². The normalized spacial score (nSPS) is 10.2. The molecule has 0 aliphatic carbocycles. The zero-order chi connectivity index (χ0) is 15.1. The van der Waals surface area contributed by atoms with Gasteiger partial charge in [0, 0.05) is 37.4 Å². The van der Waals surface area contributed by atoms with Crippen molar-refractivity contribution in [1.29, 1.82) is 0 Å². The molecule has 5 nitrogen and oxygen atoms in total. The summed E-state index contributed by atoms with van der Waals surface area (Å²) in [5.74, 6) is -0.202. The first-order chi connectivity index (χ1) is 10.2. The highest BCUT2D eigenvalue weighted by atomic mass is 16.2. The molecule has 3 N–H and O–H groups in total. The van der Waals surface area contributed by atoms with Crippen molar-refractivity contribution in [3.63, 3.8) is 0 Å². The number of hydrogen-bond acceptors (Lipinski definition) is 4. The molecule has 5 heteroatoms. The third-order valence-electron chi connectivity index (χ3n) is 3.14. The summed E-state index contributed by atoms with van der Waals surface area (Å²) < 4.78 is 0. The van der Waals surface area contributed by atoms with Crippen molar-refractivity contribution < 1.29 is 9.90 Å². The van der Waals surface area contributed by atoms with Crippen molar-refractivity contribution in [3.8, 4) is 0 Å². The van der Waals surface area contributed by atoms with Gasteiger partial charge in [0.1, 0.15) is 0 Å². The quantitative estimate of drug-likeness (QED) is 0.761. The predicted octanol–water partition coefficient (Wildman–Crippen LogP) is 2.30. The van der Waals surface area contributed by atoms with Crippen molar-refractivity contribution in [3.05, 3.63) is 53.9 Å². The van der Waals surface area contributed by atoms with Crippen molar-refractivity contribution >= 4 is 17.3 Å². The van der Waals surface area contributed by atoms with Gasteiger partial charge in [-0.1, -0.05) is 12.1 Å². The van der Waals surface area contributed by atoms with Gasteiger partial charge >= 0.3 is 0 Å². The van der Waals surface area contributed by atoms with Gasteiger partial charge in [-0.05, 0) is 36.6 Å². The molecule has 0 unspecified atom stereocenters. The number of amides is 1. The van der Waals surface area contributed by atoms with E-state index in [4.69, 9.17) is 5.11 Å². The van der Waals surface area contributed by atoms with Crippen LogP contribution >= 0.6 is 0 Å². The van der Waals surface area contributed by atoms with Crippen molar-refractivity contribution in [1.82, 2.24) is 4.98 Å².